The Balaban J connectivity index is 1.68. The number of nitrogens with one attached hydrogen (secondary N) is 1. The van der Waals surface area contributed by atoms with E-state index in [1.54, 1.807) is 12.4 Å². The maximum Gasteiger partial charge on any atom is 0.228 e. The van der Waals surface area contributed by atoms with Crippen LogP contribution in [0.15, 0.2) is 54.9 Å². The summed E-state index contributed by atoms with van der Waals surface area (Å²) in [5.74, 6) is 0.642. The Morgan fingerprint density at radius 1 is 1.15 bits per heavy atom. The number of hydrogen-bond donors (Lipinski definition) is 1. The van der Waals surface area contributed by atoms with E-state index in [1.165, 1.54) is 0 Å². The van der Waals surface area contributed by atoms with Crippen LogP contribution in [-0.4, -0.2) is 10.9 Å². The zero-order chi connectivity index (χ0) is 13.8. The van der Waals surface area contributed by atoms with Gasteiger partial charge >= 0.3 is 0 Å². The van der Waals surface area contributed by atoms with Gasteiger partial charge in [0, 0.05) is 18.9 Å². The number of rotatable bonds is 5. The van der Waals surface area contributed by atoms with Crippen molar-refractivity contribution in [1.29, 1.82) is 0 Å². The van der Waals surface area contributed by atoms with Gasteiger partial charge in [0.2, 0.25) is 5.91 Å². The molecule has 3 nitrogen and oxygen atoms in total. The number of amides is 1. The molecule has 0 radical (unpaired) electrons. The van der Waals surface area contributed by atoms with Crippen molar-refractivity contribution in [3.05, 3.63) is 66.0 Å². The predicted molar refractivity (Wildman–Crippen MR) is 78.0 cm³/mol. The maximum absolute atomic E-state index is 12.5. The number of benzene rings is 1. The second-order valence-corrected chi connectivity index (χ2v) is 5.30. The van der Waals surface area contributed by atoms with Crippen LogP contribution in [0.4, 0.5) is 0 Å². The van der Waals surface area contributed by atoms with Gasteiger partial charge in [-0.05, 0) is 42.0 Å². The van der Waals surface area contributed by atoms with Gasteiger partial charge in [0.25, 0.3) is 0 Å². The van der Waals surface area contributed by atoms with Crippen LogP contribution in [0.2, 0.25) is 0 Å². The zero-order valence-corrected chi connectivity index (χ0v) is 11.3. The molecule has 1 fully saturated rings. The van der Waals surface area contributed by atoms with Crippen molar-refractivity contribution in [1.82, 2.24) is 10.3 Å². The van der Waals surface area contributed by atoms with E-state index in [0.717, 1.165) is 24.0 Å². The fraction of sp³-hybridized carbons (Fsp3) is 0.294. The zero-order valence-electron chi connectivity index (χ0n) is 11.3. The Morgan fingerprint density at radius 2 is 1.85 bits per heavy atom. The number of aromatic nitrogens is 1. The lowest BCUT2D eigenvalue weighted by Gasteiger charge is -2.16. The van der Waals surface area contributed by atoms with Gasteiger partial charge in [0.1, 0.15) is 0 Å². The van der Waals surface area contributed by atoms with Gasteiger partial charge in [-0.3, -0.25) is 9.78 Å². The largest absolute Gasteiger partial charge is 0.351 e. The maximum atomic E-state index is 12.5. The molecule has 1 atom stereocenters. The summed E-state index contributed by atoms with van der Waals surface area (Å²) in [5.41, 5.74) is 2.21. The molecule has 1 amide bonds. The first-order valence-electron chi connectivity index (χ1n) is 7.06. The van der Waals surface area contributed by atoms with E-state index in [0.29, 0.717) is 12.5 Å². The SMILES string of the molecule is O=C(NCc1ccncc1)C(c1ccccc1)C1CC1. The van der Waals surface area contributed by atoms with Gasteiger partial charge in [0.15, 0.2) is 0 Å². The summed E-state index contributed by atoms with van der Waals surface area (Å²) in [4.78, 5) is 16.5. The Morgan fingerprint density at radius 3 is 2.50 bits per heavy atom. The average Bonchev–Trinajstić information content (AvgIpc) is 3.32. The normalized spacial score (nSPS) is 15.6. The number of carbonyl (C=O) groups is 1. The second-order valence-electron chi connectivity index (χ2n) is 5.30. The van der Waals surface area contributed by atoms with Crippen LogP contribution in [0, 0.1) is 5.92 Å². The minimum atomic E-state index is -0.00182. The van der Waals surface area contributed by atoms with Crippen molar-refractivity contribution < 1.29 is 4.79 Å². The van der Waals surface area contributed by atoms with Crippen LogP contribution in [0.5, 0.6) is 0 Å². The van der Waals surface area contributed by atoms with Crippen molar-refractivity contribution >= 4 is 5.91 Å². The molecule has 1 N–H and O–H groups in total. The summed E-state index contributed by atoms with van der Waals surface area (Å²) >= 11 is 0. The van der Waals surface area contributed by atoms with E-state index in [1.807, 2.05) is 30.3 Å². The van der Waals surface area contributed by atoms with Crippen molar-refractivity contribution in [3.8, 4) is 0 Å². The molecular weight excluding hydrogens is 248 g/mol. The topological polar surface area (TPSA) is 42.0 Å². The molecule has 3 heteroatoms. The van der Waals surface area contributed by atoms with Crippen LogP contribution in [-0.2, 0) is 11.3 Å². The molecule has 1 aliphatic rings. The van der Waals surface area contributed by atoms with Gasteiger partial charge in [-0.25, -0.2) is 0 Å². The molecule has 1 saturated carbocycles. The molecule has 1 aliphatic carbocycles. The molecule has 102 valence electrons. The van der Waals surface area contributed by atoms with Gasteiger partial charge in [-0.15, -0.1) is 0 Å². The first-order chi connectivity index (χ1) is 9.84. The Kier molecular flexibility index (Phi) is 3.77. The summed E-state index contributed by atoms with van der Waals surface area (Å²) in [6.45, 7) is 0.567. The molecule has 3 rings (SSSR count). The third-order valence-corrected chi connectivity index (χ3v) is 3.75. The van der Waals surface area contributed by atoms with Gasteiger partial charge in [-0.1, -0.05) is 30.3 Å². The molecule has 0 aliphatic heterocycles. The smallest absolute Gasteiger partial charge is 0.228 e. The van der Waals surface area contributed by atoms with E-state index in [9.17, 15) is 4.79 Å². The molecule has 20 heavy (non-hydrogen) atoms. The van der Waals surface area contributed by atoms with Crippen molar-refractivity contribution in [2.24, 2.45) is 5.92 Å². The molecule has 0 saturated heterocycles. The van der Waals surface area contributed by atoms with Crippen LogP contribution >= 0.6 is 0 Å². The molecule has 2 aromatic rings. The molecule has 1 unspecified atom stereocenters. The highest BCUT2D eigenvalue weighted by Crippen LogP contribution is 2.42. The minimum Gasteiger partial charge on any atom is -0.351 e. The lowest BCUT2D eigenvalue weighted by atomic mass is 9.93. The Bertz CT molecular complexity index is 564. The number of carbonyl (C=O) groups excluding carboxylic acids is 1. The highest BCUT2D eigenvalue weighted by molar-refractivity contribution is 5.84. The highest BCUT2D eigenvalue weighted by atomic mass is 16.1. The van der Waals surface area contributed by atoms with Gasteiger partial charge in [0.05, 0.1) is 5.92 Å². The summed E-state index contributed by atoms with van der Waals surface area (Å²) in [7, 11) is 0. The van der Waals surface area contributed by atoms with Gasteiger partial charge < -0.3 is 5.32 Å². The van der Waals surface area contributed by atoms with E-state index in [-0.39, 0.29) is 11.8 Å². The van der Waals surface area contributed by atoms with E-state index < -0.39 is 0 Å². The van der Waals surface area contributed by atoms with Crippen molar-refractivity contribution in [2.45, 2.75) is 25.3 Å². The fourth-order valence-corrected chi connectivity index (χ4v) is 2.53. The van der Waals surface area contributed by atoms with Crippen LogP contribution in [0.25, 0.3) is 0 Å². The number of nitrogens with zero attached hydrogens (tertiary/aromatic N) is 1. The molecular formula is C17H18N2O. The molecule has 1 heterocycles. The van der Waals surface area contributed by atoms with E-state index in [2.05, 4.69) is 22.4 Å². The van der Waals surface area contributed by atoms with Crippen molar-refractivity contribution in [3.63, 3.8) is 0 Å². The third kappa shape index (κ3) is 3.05. The number of hydrogen-bond acceptors (Lipinski definition) is 2. The van der Waals surface area contributed by atoms with Crippen LogP contribution in [0.1, 0.15) is 29.9 Å². The first-order valence-corrected chi connectivity index (χ1v) is 7.06. The average molecular weight is 266 g/mol. The lowest BCUT2D eigenvalue weighted by Crippen LogP contribution is -2.30. The first kappa shape index (κ1) is 12.9. The van der Waals surface area contributed by atoms with Crippen LogP contribution < -0.4 is 5.32 Å². The number of pyridine rings is 1. The Hall–Kier alpha value is -2.16. The quantitative estimate of drug-likeness (QED) is 0.904. The summed E-state index contributed by atoms with van der Waals surface area (Å²) in [5, 5.41) is 3.05. The minimum absolute atomic E-state index is 0.00182. The Labute approximate surface area is 119 Å². The van der Waals surface area contributed by atoms with Crippen molar-refractivity contribution in [2.75, 3.05) is 0 Å². The lowest BCUT2D eigenvalue weighted by molar-refractivity contribution is -0.123. The molecule has 0 spiro atoms. The molecule has 0 bridgehead atoms. The van der Waals surface area contributed by atoms with Crippen LogP contribution in [0.3, 0.4) is 0 Å². The summed E-state index contributed by atoms with van der Waals surface area (Å²) in [6, 6.07) is 13.9. The molecule has 1 aromatic carbocycles. The highest BCUT2D eigenvalue weighted by Gasteiger charge is 2.36. The van der Waals surface area contributed by atoms with E-state index >= 15 is 0 Å². The summed E-state index contributed by atoms with van der Waals surface area (Å²) in [6.07, 6.45) is 5.80. The van der Waals surface area contributed by atoms with Gasteiger partial charge in [-0.2, -0.15) is 0 Å². The molecule has 1 aromatic heterocycles. The van der Waals surface area contributed by atoms with E-state index in [4.69, 9.17) is 0 Å². The second kappa shape index (κ2) is 5.87. The predicted octanol–water partition coefficient (Wildman–Crippen LogP) is 2.89. The standard InChI is InChI=1S/C17H18N2O/c20-17(19-12-13-8-10-18-11-9-13)16(15-6-7-15)14-4-2-1-3-5-14/h1-5,8-11,15-16H,6-7,12H2,(H,19,20). The monoisotopic (exact) mass is 266 g/mol. The fourth-order valence-electron chi connectivity index (χ4n) is 2.53. The third-order valence-electron chi connectivity index (χ3n) is 3.75. The summed E-state index contributed by atoms with van der Waals surface area (Å²) < 4.78 is 0.